The predicted molar refractivity (Wildman–Crippen MR) is 82.5 cm³/mol. The number of hydrazone groups is 1. The second-order valence-corrected chi connectivity index (χ2v) is 6.36. The van der Waals surface area contributed by atoms with Crippen molar-refractivity contribution in [2.75, 3.05) is 0 Å². The van der Waals surface area contributed by atoms with Crippen molar-refractivity contribution in [2.24, 2.45) is 5.10 Å². The van der Waals surface area contributed by atoms with Crippen molar-refractivity contribution in [3.8, 4) is 5.75 Å². The Morgan fingerprint density at radius 3 is 2.37 bits per heavy atom. The lowest BCUT2D eigenvalue weighted by Gasteiger charge is -2.33. The van der Waals surface area contributed by atoms with Crippen LogP contribution in [0.5, 0.6) is 5.75 Å². The van der Waals surface area contributed by atoms with Gasteiger partial charge in [-0.1, -0.05) is 23.2 Å². The number of ether oxygens (including phenoxy) is 1. The fourth-order valence-corrected chi connectivity index (χ4v) is 2.59. The van der Waals surface area contributed by atoms with E-state index in [1.165, 1.54) is 18.2 Å². The summed E-state index contributed by atoms with van der Waals surface area (Å²) in [6.45, 7) is 0.963. The first kappa shape index (κ1) is 21.6. The molecule has 0 aliphatic carbocycles. The van der Waals surface area contributed by atoms with Gasteiger partial charge < -0.3 is 9.84 Å². The van der Waals surface area contributed by atoms with Crippen LogP contribution in [0.3, 0.4) is 0 Å². The van der Waals surface area contributed by atoms with Gasteiger partial charge in [0.15, 0.2) is 6.10 Å². The maximum absolute atomic E-state index is 13.2. The van der Waals surface area contributed by atoms with Gasteiger partial charge >= 0.3 is 12.4 Å². The molecule has 1 aliphatic heterocycles. The zero-order valence-corrected chi connectivity index (χ0v) is 14.7. The Morgan fingerprint density at radius 2 is 1.89 bits per heavy atom. The summed E-state index contributed by atoms with van der Waals surface area (Å²) in [5.41, 5.74) is -6.11. The Kier molecular flexibility index (Phi) is 5.61. The van der Waals surface area contributed by atoms with Gasteiger partial charge in [0.1, 0.15) is 11.5 Å². The van der Waals surface area contributed by atoms with E-state index in [-0.39, 0.29) is 15.8 Å². The Labute approximate surface area is 158 Å². The third-order valence-electron chi connectivity index (χ3n) is 3.52. The zero-order valence-electron chi connectivity index (χ0n) is 13.2. The first-order chi connectivity index (χ1) is 12.2. The highest BCUT2D eigenvalue weighted by Crippen LogP contribution is 2.43. The van der Waals surface area contributed by atoms with Crippen LogP contribution in [0.25, 0.3) is 0 Å². The number of alkyl halides is 6. The van der Waals surface area contributed by atoms with Crippen LogP contribution in [-0.4, -0.2) is 45.9 Å². The van der Waals surface area contributed by atoms with Crippen molar-refractivity contribution in [3.05, 3.63) is 28.2 Å². The van der Waals surface area contributed by atoms with Gasteiger partial charge in [0.2, 0.25) is 0 Å². The van der Waals surface area contributed by atoms with Crippen molar-refractivity contribution in [3.63, 3.8) is 0 Å². The van der Waals surface area contributed by atoms with E-state index >= 15 is 0 Å². The molecule has 27 heavy (non-hydrogen) atoms. The van der Waals surface area contributed by atoms with Crippen molar-refractivity contribution >= 4 is 34.8 Å². The molecule has 5 nitrogen and oxygen atoms in total. The van der Waals surface area contributed by atoms with E-state index in [1.807, 2.05) is 0 Å². The highest BCUT2D eigenvalue weighted by Gasteiger charge is 2.66. The number of hydrogen-bond donors (Lipinski definition) is 1. The van der Waals surface area contributed by atoms with Crippen LogP contribution in [0.1, 0.15) is 13.3 Å². The average Bonchev–Trinajstić information content (AvgIpc) is 2.88. The molecule has 150 valence electrons. The smallest absolute Gasteiger partial charge is 0.438 e. The van der Waals surface area contributed by atoms with Crippen molar-refractivity contribution < 1.29 is 41.0 Å². The fraction of sp³-hybridized carbons (Fsp3) is 0.429. The third kappa shape index (κ3) is 4.25. The van der Waals surface area contributed by atoms with Crippen LogP contribution in [0.2, 0.25) is 10.0 Å². The SMILES string of the molecule is C[C@@H](Oc1ccc(Cl)cc1Cl)C(=O)N1N=C(C(F)(F)F)C[C@@]1(O)C(F)(F)F. The molecule has 2 rings (SSSR count). The summed E-state index contributed by atoms with van der Waals surface area (Å²) in [5.74, 6) is -1.81. The van der Waals surface area contributed by atoms with Crippen LogP contribution < -0.4 is 4.74 Å². The normalized spacial score (nSPS) is 21.9. The van der Waals surface area contributed by atoms with Gasteiger partial charge in [-0.3, -0.25) is 4.79 Å². The standard InChI is InChI=1S/C14H10Cl2F6N2O3/c1-6(27-9-3-2-7(15)4-8(9)16)11(25)24-12(26,14(20,21)22)5-10(23-24)13(17,18)19/h2-4,6,26H,5H2,1H3/t6-,12-/m1/s1. The molecular weight excluding hydrogens is 429 g/mol. The maximum Gasteiger partial charge on any atom is 0.438 e. The second-order valence-electron chi connectivity index (χ2n) is 5.52. The number of carbonyl (C=O) groups excluding carboxylic acids is 1. The second kappa shape index (κ2) is 7.02. The molecular formula is C14H10Cl2F6N2O3. The number of carbonyl (C=O) groups is 1. The molecule has 1 N–H and O–H groups in total. The minimum atomic E-state index is -5.60. The van der Waals surface area contributed by atoms with Gasteiger partial charge in [0.25, 0.3) is 11.6 Å². The predicted octanol–water partition coefficient (Wildman–Crippen LogP) is 4.16. The monoisotopic (exact) mass is 438 g/mol. The zero-order chi connectivity index (χ0) is 20.8. The summed E-state index contributed by atoms with van der Waals surface area (Å²) in [5, 5.41) is 11.9. The molecule has 0 spiro atoms. The number of benzene rings is 1. The van der Waals surface area contributed by atoms with Crippen LogP contribution in [0.4, 0.5) is 26.3 Å². The minimum absolute atomic E-state index is 0.0888. The first-order valence-electron chi connectivity index (χ1n) is 7.06. The van der Waals surface area contributed by atoms with Gasteiger partial charge in [-0.2, -0.15) is 36.5 Å². The summed E-state index contributed by atoms with van der Waals surface area (Å²) in [6.07, 6.45) is -14.6. The lowest BCUT2D eigenvalue weighted by atomic mass is 10.1. The molecule has 0 bridgehead atoms. The summed E-state index contributed by atoms with van der Waals surface area (Å²) >= 11 is 11.5. The van der Waals surface area contributed by atoms with E-state index in [0.29, 0.717) is 0 Å². The molecule has 1 aliphatic rings. The van der Waals surface area contributed by atoms with Crippen molar-refractivity contribution in [1.29, 1.82) is 0 Å². The molecule has 0 saturated carbocycles. The van der Waals surface area contributed by atoms with Gasteiger partial charge in [-0.15, -0.1) is 0 Å². The molecule has 1 aromatic carbocycles. The molecule has 2 atom stereocenters. The molecule has 0 radical (unpaired) electrons. The number of nitrogens with zero attached hydrogens (tertiary/aromatic N) is 2. The topological polar surface area (TPSA) is 62.1 Å². The van der Waals surface area contributed by atoms with Crippen LogP contribution >= 0.6 is 23.2 Å². The maximum atomic E-state index is 13.2. The lowest BCUT2D eigenvalue weighted by molar-refractivity contribution is -0.303. The molecule has 0 aromatic heterocycles. The number of halogens is 8. The quantitative estimate of drug-likeness (QED) is 0.720. The number of aliphatic hydroxyl groups is 1. The van der Waals surface area contributed by atoms with E-state index in [9.17, 15) is 36.2 Å². The Morgan fingerprint density at radius 1 is 1.30 bits per heavy atom. The molecule has 13 heteroatoms. The summed E-state index contributed by atoms with van der Waals surface area (Å²) in [4.78, 5) is 12.3. The van der Waals surface area contributed by atoms with E-state index < -0.39 is 47.2 Å². The van der Waals surface area contributed by atoms with E-state index in [1.54, 1.807) is 0 Å². The Balaban J connectivity index is 2.33. The first-order valence-corrected chi connectivity index (χ1v) is 7.82. The van der Waals surface area contributed by atoms with Crippen LogP contribution in [-0.2, 0) is 4.79 Å². The number of hydrogen-bond acceptors (Lipinski definition) is 4. The Hall–Kier alpha value is -1.72. The van der Waals surface area contributed by atoms with Crippen LogP contribution in [0, 0.1) is 0 Å². The summed E-state index contributed by atoms with van der Waals surface area (Å²) in [6, 6.07) is 3.73. The molecule has 0 unspecified atom stereocenters. The van der Waals surface area contributed by atoms with Gasteiger partial charge in [0, 0.05) is 5.02 Å². The lowest BCUT2D eigenvalue weighted by Crippen LogP contribution is -2.59. The highest BCUT2D eigenvalue weighted by molar-refractivity contribution is 6.35. The van der Waals surface area contributed by atoms with Crippen LogP contribution in [0.15, 0.2) is 23.3 Å². The molecule has 0 fully saturated rings. The molecule has 1 heterocycles. The molecule has 1 aromatic rings. The average molecular weight is 439 g/mol. The van der Waals surface area contributed by atoms with E-state index in [2.05, 4.69) is 5.10 Å². The van der Waals surface area contributed by atoms with Gasteiger partial charge in [-0.25, -0.2) is 0 Å². The summed E-state index contributed by atoms with van der Waals surface area (Å²) < 4.78 is 82.8. The van der Waals surface area contributed by atoms with Crippen molar-refractivity contribution in [2.45, 2.75) is 37.5 Å². The molecule has 0 saturated heterocycles. The van der Waals surface area contributed by atoms with Gasteiger partial charge in [0.05, 0.1) is 11.4 Å². The van der Waals surface area contributed by atoms with E-state index in [0.717, 1.165) is 6.92 Å². The minimum Gasteiger partial charge on any atom is -0.479 e. The number of amides is 1. The third-order valence-corrected chi connectivity index (χ3v) is 4.05. The van der Waals surface area contributed by atoms with Crippen molar-refractivity contribution in [1.82, 2.24) is 5.01 Å². The molecule has 1 amide bonds. The van der Waals surface area contributed by atoms with E-state index in [4.69, 9.17) is 27.9 Å². The van der Waals surface area contributed by atoms with Gasteiger partial charge in [-0.05, 0) is 25.1 Å². The fourth-order valence-electron chi connectivity index (χ4n) is 2.14. The summed E-state index contributed by atoms with van der Waals surface area (Å²) in [7, 11) is 0. The number of rotatable bonds is 3. The highest BCUT2D eigenvalue weighted by atomic mass is 35.5. The largest absolute Gasteiger partial charge is 0.479 e. The Bertz CT molecular complexity index is 783.